The maximum atomic E-state index is 12.7. The Morgan fingerprint density at radius 2 is 1.56 bits per heavy atom. The number of amides is 2. The van der Waals surface area contributed by atoms with Crippen molar-refractivity contribution in [1.82, 2.24) is 15.1 Å². The minimum Gasteiger partial charge on any atom is -0.339 e. The first-order valence-corrected chi connectivity index (χ1v) is 10.0. The standard InChI is InChI=1S/C19H25Cl2N3O2.ClH/c20-15-2-1-3-16(21)18(15)19(26)24-12-10-23(11-13-24)17(25)5-4-14-6-8-22-9-7-14;/h1-3,14,22H,4-13H2;1H. The van der Waals surface area contributed by atoms with Gasteiger partial charge in [0.1, 0.15) is 0 Å². The molecule has 1 aromatic rings. The van der Waals surface area contributed by atoms with Crippen molar-refractivity contribution in [3.8, 4) is 0 Å². The zero-order valence-corrected chi connectivity index (χ0v) is 17.6. The maximum absolute atomic E-state index is 12.7. The average Bonchev–Trinajstić information content (AvgIpc) is 2.67. The molecule has 2 aliphatic heterocycles. The third-order valence-electron chi connectivity index (χ3n) is 5.32. The maximum Gasteiger partial charge on any atom is 0.257 e. The molecule has 3 rings (SSSR count). The summed E-state index contributed by atoms with van der Waals surface area (Å²) in [7, 11) is 0. The van der Waals surface area contributed by atoms with Crippen LogP contribution in [0, 0.1) is 5.92 Å². The number of carbonyl (C=O) groups excluding carboxylic acids is 2. The molecule has 8 heteroatoms. The molecule has 2 fully saturated rings. The molecule has 0 spiro atoms. The van der Waals surface area contributed by atoms with Gasteiger partial charge in [0.05, 0.1) is 15.6 Å². The highest BCUT2D eigenvalue weighted by atomic mass is 35.5. The fourth-order valence-corrected chi connectivity index (χ4v) is 4.23. The van der Waals surface area contributed by atoms with Crippen molar-refractivity contribution in [3.63, 3.8) is 0 Å². The summed E-state index contributed by atoms with van der Waals surface area (Å²) in [6.07, 6.45) is 3.89. The number of nitrogens with zero attached hydrogens (tertiary/aromatic N) is 2. The van der Waals surface area contributed by atoms with Crippen molar-refractivity contribution in [3.05, 3.63) is 33.8 Å². The normalized spacial score (nSPS) is 18.1. The molecule has 2 aliphatic rings. The van der Waals surface area contributed by atoms with Crippen LogP contribution < -0.4 is 5.32 Å². The van der Waals surface area contributed by atoms with Crippen LogP contribution in [0.2, 0.25) is 10.0 Å². The molecule has 5 nitrogen and oxygen atoms in total. The van der Waals surface area contributed by atoms with E-state index in [2.05, 4.69) is 5.32 Å². The number of benzene rings is 1. The first-order chi connectivity index (χ1) is 12.6. The molecular weight excluding hydrogens is 409 g/mol. The Balaban J connectivity index is 0.00000261. The molecule has 0 unspecified atom stereocenters. The van der Waals surface area contributed by atoms with Crippen molar-refractivity contribution in [2.24, 2.45) is 5.92 Å². The largest absolute Gasteiger partial charge is 0.339 e. The van der Waals surface area contributed by atoms with Crippen LogP contribution in [0.25, 0.3) is 0 Å². The summed E-state index contributed by atoms with van der Waals surface area (Å²) in [5.41, 5.74) is 0.349. The Hall–Kier alpha value is -1.01. The van der Waals surface area contributed by atoms with E-state index in [0.29, 0.717) is 54.1 Å². The second kappa shape index (κ2) is 10.5. The predicted octanol–water partition coefficient (Wildman–Crippen LogP) is 3.48. The van der Waals surface area contributed by atoms with Crippen LogP contribution in [0.15, 0.2) is 18.2 Å². The molecule has 27 heavy (non-hydrogen) atoms. The van der Waals surface area contributed by atoms with Crippen LogP contribution in [0.1, 0.15) is 36.0 Å². The molecule has 0 aliphatic carbocycles. The zero-order valence-electron chi connectivity index (χ0n) is 15.3. The fraction of sp³-hybridized carbons (Fsp3) is 0.579. The zero-order chi connectivity index (χ0) is 18.5. The summed E-state index contributed by atoms with van der Waals surface area (Å²) in [5, 5.41) is 4.08. The van der Waals surface area contributed by atoms with E-state index < -0.39 is 0 Å². The predicted molar refractivity (Wildman–Crippen MR) is 111 cm³/mol. The summed E-state index contributed by atoms with van der Waals surface area (Å²) in [5.74, 6) is 0.694. The van der Waals surface area contributed by atoms with Gasteiger partial charge in [-0.05, 0) is 50.4 Å². The molecule has 0 aromatic heterocycles. The molecule has 0 saturated carbocycles. The Morgan fingerprint density at radius 1 is 1.00 bits per heavy atom. The third-order valence-corrected chi connectivity index (χ3v) is 5.95. The second-order valence-corrected chi connectivity index (χ2v) is 7.82. The quantitative estimate of drug-likeness (QED) is 0.789. The minimum atomic E-state index is -0.164. The van der Waals surface area contributed by atoms with E-state index in [1.807, 2.05) is 4.90 Å². The Labute approximate surface area is 176 Å². The van der Waals surface area contributed by atoms with Crippen molar-refractivity contribution in [2.75, 3.05) is 39.3 Å². The lowest BCUT2D eigenvalue weighted by Crippen LogP contribution is -2.50. The lowest BCUT2D eigenvalue weighted by atomic mass is 9.93. The summed E-state index contributed by atoms with van der Waals surface area (Å²) in [4.78, 5) is 28.8. The van der Waals surface area contributed by atoms with E-state index in [9.17, 15) is 9.59 Å². The number of carbonyl (C=O) groups is 2. The Kier molecular flexibility index (Phi) is 8.67. The number of halogens is 3. The second-order valence-electron chi connectivity index (χ2n) is 7.00. The van der Waals surface area contributed by atoms with Crippen molar-refractivity contribution < 1.29 is 9.59 Å². The van der Waals surface area contributed by atoms with Crippen molar-refractivity contribution >= 4 is 47.4 Å². The molecule has 2 saturated heterocycles. The van der Waals surface area contributed by atoms with Crippen LogP contribution in [-0.4, -0.2) is 60.9 Å². The van der Waals surface area contributed by atoms with Gasteiger partial charge in [-0.2, -0.15) is 0 Å². The van der Waals surface area contributed by atoms with Gasteiger partial charge in [-0.1, -0.05) is 29.3 Å². The molecule has 2 amide bonds. The van der Waals surface area contributed by atoms with E-state index in [0.717, 1.165) is 32.4 Å². The number of hydrogen-bond acceptors (Lipinski definition) is 3. The first-order valence-electron chi connectivity index (χ1n) is 9.28. The Bertz CT molecular complexity index is 637. The molecule has 0 bridgehead atoms. The fourth-order valence-electron chi connectivity index (χ4n) is 3.68. The van der Waals surface area contributed by atoms with Crippen molar-refractivity contribution in [2.45, 2.75) is 25.7 Å². The van der Waals surface area contributed by atoms with Crippen LogP contribution in [-0.2, 0) is 4.79 Å². The summed E-state index contributed by atoms with van der Waals surface area (Å²) < 4.78 is 0. The molecule has 0 atom stereocenters. The van der Waals surface area contributed by atoms with E-state index >= 15 is 0 Å². The van der Waals surface area contributed by atoms with Crippen molar-refractivity contribution in [1.29, 1.82) is 0 Å². The van der Waals surface area contributed by atoms with E-state index in [-0.39, 0.29) is 24.2 Å². The average molecular weight is 435 g/mol. The van der Waals surface area contributed by atoms with Crippen LogP contribution in [0.5, 0.6) is 0 Å². The van der Waals surface area contributed by atoms with Gasteiger partial charge in [0.15, 0.2) is 0 Å². The molecule has 2 heterocycles. The number of hydrogen-bond donors (Lipinski definition) is 1. The first kappa shape index (κ1) is 22.3. The number of piperidine rings is 1. The highest BCUT2D eigenvalue weighted by Crippen LogP contribution is 2.26. The lowest BCUT2D eigenvalue weighted by molar-refractivity contribution is -0.133. The third kappa shape index (κ3) is 5.74. The van der Waals surface area contributed by atoms with Gasteiger partial charge in [-0.3, -0.25) is 9.59 Å². The number of rotatable bonds is 4. The SMILES string of the molecule is Cl.O=C(CCC1CCNCC1)N1CCN(C(=O)c2c(Cl)cccc2Cl)CC1. The van der Waals surface area contributed by atoms with Gasteiger partial charge in [-0.15, -0.1) is 12.4 Å². The molecule has 150 valence electrons. The van der Waals surface area contributed by atoms with Gasteiger partial charge in [0.2, 0.25) is 5.91 Å². The highest BCUT2D eigenvalue weighted by molar-refractivity contribution is 6.39. The summed E-state index contributed by atoms with van der Waals surface area (Å²) in [6, 6.07) is 5.06. The van der Waals surface area contributed by atoms with E-state index in [1.54, 1.807) is 23.1 Å². The van der Waals surface area contributed by atoms with Gasteiger partial charge in [0.25, 0.3) is 5.91 Å². The van der Waals surface area contributed by atoms with Crippen LogP contribution in [0.4, 0.5) is 0 Å². The number of piperazine rings is 1. The molecule has 0 radical (unpaired) electrons. The highest BCUT2D eigenvalue weighted by Gasteiger charge is 2.27. The van der Waals surface area contributed by atoms with Crippen LogP contribution >= 0.6 is 35.6 Å². The molecule has 1 N–H and O–H groups in total. The van der Waals surface area contributed by atoms with Crippen LogP contribution in [0.3, 0.4) is 0 Å². The van der Waals surface area contributed by atoms with Gasteiger partial charge in [0, 0.05) is 32.6 Å². The molecular formula is C19H26Cl3N3O2. The van der Waals surface area contributed by atoms with Gasteiger partial charge in [-0.25, -0.2) is 0 Å². The summed E-state index contributed by atoms with van der Waals surface area (Å²) >= 11 is 12.3. The number of nitrogens with one attached hydrogen (secondary N) is 1. The van der Waals surface area contributed by atoms with Gasteiger partial charge >= 0.3 is 0 Å². The monoisotopic (exact) mass is 433 g/mol. The lowest BCUT2D eigenvalue weighted by Gasteiger charge is -2.35. The summed E-state index contributed by atoms with van der Waals surface area (Å²) in [6.45, 7) is 4.28. The minimum absolute atomic E-state index is 0. The topological polar surface area (TPSA) is 52.7 Å². The van der Waals surface area contributed by atoms with E-state index in [4.69, 9.17) is 23.2 Å². The Morgan fingerprint density at radius 3 is 2.15 bits per heavy atom. The van der Waals surface area contributed by atoms with E-state index in [1.165, 1.54) is 0 Å². The van der Waals surface area contributed by atoms with Gasteiger partial charge < -0.3 is 15.1 Å². The molecule has 1 aromatic carbocycles. The smallest absolute Gasteiger partial charge is 0.257 e.